The van der Waals surface area contributed by atoms with Gasteiger partial charge in [-0.05, 0) is 12.5 Å². The van der Waals surface area contributed by atoms with Gasteiger partial charge in [0.1, 0.15) is 12.0 Å². The van der Waals surface area contributed by atoms with Crippen LogP contribution in [0, 0.1) is 0 Å². The van der Waals surface area contributed by atoms with E-state index in [1.54, 1.807) is 48.0 Å². The van der Waals surface area contributed by atoms with Crippen LogP contribution in [-0.2, 0) is 18.4 Å². The zero-order valence-corrected chi connectivity index (χ0v) is 21.1. The fourth-order valence-corrected chi connectivity index (χ4v) is 5.25. The van der Waals surface area contributed by atoms with E-state index in [9.17, 15) is 19.2 Å². The molecule has 2 aromatic carbocycles. The third-order valence-electron chi connectivity index (χ3n) is 7.09. The van der Waals surface area contributed by atoms with Gasteiger partial charge < -0.3 is 24.6 Å². The van der Waals surface area contributed by atoms with Gasteiger partial charge in [-0.2, -0.15) is 0 Å². The third kappa shape index (κ3) is 4.22. The lowest BCUT2D eigenvalue weighted by atomic mass is 10.1. The van der Waals surface area contributed by atoms with E-state index in [1.165, 1.54) is 16.6 Å². The van der Waals surface area contributed by atoms with Gasteiger partial charge in [-0.15, -0.1) is 0 Å². The molecule has 0 saturated carbocycles. The van der Waals surface area contributed by atoms with Crippen molar-refractivity contribution < 1.29 is 24.2 Å². The quantitative estimate of drug-likeness (QED) is 0.361. The van der Waals surface area contributed by atoms with E-state index in [0.29, 0.717) is 34.9 Å². The molecule has 1 aliphatic heterocycles. The fourth-order valence-electron chi connectivity index (χ4n) is 5.25. The van der Waals surface area contributed by atoms with Gasteiger partial charge in [-0.25, -0.2) is 0 Å². The van der Waals surface area contributed by atoms with Crippen molar-refractivity contribution in [1.82, 2.24) is 19.4 Å². The molecular formula is C28H28N4O6. The number of pyridine rings is 1. The average Bonchev–Trinajstić information content (AvgIpc) is 3.52. The number of aliphatic hydroxyl groups is 1. The number of ether oxygens (including phenoxy) is 1. The van der Waals surface area contributed by atoms with Crippen LogP contribution in [0.15, 0.2) is 59.4 Å². The second-order valence-electron chi connectivity index (χ2n) is 9.32. The first-order valence-electron chi connectivity index (χ1n) is 12.3. The van der Waals surface area contributed by atoms with Gasteiger partial charge in [0.15, 0.2) is 17.2 Å². The predicted molar refractivity (Wildman–Crippen MR) is 142 cm³/mol. The Morgan fingerprint density at radius 2 is 1.79 bits per heavy atom. The van der Waals surface area contributed by atoms with Crippen LogP contribution < -0.4 is 15.6 Å². The number of rotatable bonds is 7. The second kappa shape index (κ2) is 10.1. The summed E-state index contributed by atoms with van der Waals surface area (Å²) in [5.41, 5.74) is 1.32. The highest BCUT2D eigenvalue weighted by atomic mass is 16.5. The molecule has 1 fully saturated rings. The number of para-hydroxylation sites is 1. The summed E-state index contributed by atoms with van der Waals surface area (Å²) < 4.78 is 8.70. The smallest absolute Gasteiger partial charge is 0.272 e. The minimum Gasteiger partial charge on any atom is -0.493 e. The summed E-state index contributed by atoms with van der Waals surface area (Å²) in [4.78, 5) is 53.8. The van der Waals surface area contributed by atoms with E-state index < -0.39 is 18.1 Å². The number of aromatic nitrogens is 2. The molecule has 5 rings (SSSR count). The van der Waals surface area contributed by atoms with Crippen molar-refractivity contribution >= 4 is 39.4 Å². The molecule has 0 bridgehead atoms. The summed E-state index contributed by atoms with van der Waals surface area (Å²) in [6, 6.07) is 15.7. The summed E-state index contributed by atoms with van der Waals surface area (Å²) >= 11 is 0. The fraction of sp³-hybridized carbons (Fsp3) is 0.286. The third-order valence-corrected chi connectivity index (χ3v) is 7.09. The number of nitrogens with zero attached hydrogens (tertiary/aromatic N) is 3. The Morgan fingerprint density at radius 3 is 2.50 bits per heavy atom. The molecule has 0 aliphatic carbocycles. The van der Waals surface area contributed by atoms with Crippen molar-refractivity contribution in [2.45, 2.75) is 19.0 Å². The molecule has 196 valence electrons. The van der Waals surface area contributed by atoms with E-state index in [4.69, 9.17) is 9.84 Å². The number of carbonyl (C=O) groups excluding carboxylic acids is 3. The zero-order valence-electron chi connectivity index (χ0n) is 21.1. The molecule has 0 spiro atoms. The number of Topliss-reactive ketones (excluding diaryl/α,β-unsaturated/α-hetero) is 1. The Kier molecular flexibility index (Phi) is 6.73. The largest absolute Gasteiger partial charge is 0.493 e. The molecule has 4 aromatic rings. The molecule has 10 heteroatoms. The van der Waals surface area contributed by atoms with Gasteiger partial charge in [0.2, 0.25) is 5.91 Å². The van der Waals surface area contributed by atoms with Gasteiger partial charge in [0, 0.05) is 37.1 Å². The van der Waals surface area contributed by atoms with Crippen LogP contribution in [-0.4, -0.2) is 69.6 Å². The first-order chi connectivity index (χ1) is 18.3. The normalized spacial score (nSPS) is 15.2. The van der Waals surface area contributed by atoms with E-state index in [0.717, 1.165) is 0 Å². The predicted octanol–water partition coefficient (Wildman–Crippen LogP) is 1.71. The highest BCUT2D eigenvalue weighted by molar-refractivity contribution is 6.12. The van der Waals surface area contributed by atoms with Crippen LogP contribution in [0.25, 0.3) is 21.8 Å². The van der Waals surface area contributed by atoms with E-state index >= 15 is 0 Å². The lowest BCUT2D eigenvalue weighted by Gasteiger charge is -2.16. The SMILES string of the molecule is COc1c(C(=O)NC2CCN(C(=O)CO)C2)n(C)c2c1c(=O)n(CC(=O)c1ccccc1)c1ccccc21. The Labute approximate surface area is 218 Å². The Bertz CT molecular complexity index is 1620. The van der Waals surface area contributed by atoms with Crippen molar-refractivity contribution in [1.29, 1.82) is 0 Å². The van der Waals surface area contributed by atoms with Crippen LogP contribution in [0.5, 0.6) is 5.75 Å². The summed E-state index contributed by atoms with van der Waals surface area (Å²) in [6.07, 6.45) is 0.543. The molecule has 1 atom stereocenters. The molecule has 1 unspecified atom stereocenters. The maximum atomic E-state index is 13.9. The minimum absolute atomic E-state index is 0.123. The van der Waals surface area contributed by atoms with Crippen LogP contribution in [0.2, 0.25) is 0 Å². The van der Waals surface area contributed by atoms with Gasteiger partial charge in [0.25, 0.3) is 11.5 Å². The lowest BCUT2D eigenvalue weighted by molar-refractivity contribution is -0.133. The number of likely N-dealkylation sites (tertiary alicyclic amines) is 1. The molecule has 2 N–H and O–H groups in total. The Balaban J connectivity index is 1.61. The summed E-state index contributed by atoms with van der Waals surface area (Å²) in [5.74, 6) is -0.925. The summed E-state index contributed by atoms with van der Waals surface area (Å²) in [7, 11) is 3.10. The number of fused-ring (bicyclic) bond motifs is 3. The minimum atomic E-state index is -0.580. The van der Waals surface area contributed by atoms with Crippen LogP contribution in [0.1, 0.15) is 27.3 Å². The number of aliphatic hydroxyl groups excluding tert-OH is 1. The number of hydrogen-bond acceptors (Lipinski definition) is 6. The monoisotopic (exact) mass is 516 g/mol. The number of carbonyl (C=O) groups is 3. The molecule has 1 saturated heterocycles. The highest BCUT2D eigenvalue weighted by Gasteiger charge is 2.31. The van der Waals surface area contributed by atoms with Gasteiger partial charge in [0.05, 0.1) is 24.7 Å². The first-order valence-corrected chi connectivity index (χ1v) is 12.3. The number of aryl methyl sites for hydroxylation is 1. The van der Waals surface area contributed by atoms with Crippen LogP contribution in [0.3, 0.4) is 0 Å². The van der Waals surface area contributed by atoms with Crippen molar-refractivity contribution in [2.75, 3.05) is 26.8 Å². The van der Waals surface area contributed by atoms with E-state index in [-0.39, 0.29) is 47.7 Å². The molecule has 10 nitrogen and oxygen atoms in total. The van der Waals surface area contributed by atoms with Crippen LogP contribution in [0.4, 0.5) is 0 Å². The van der Waals surface area contributed by atoms with Crippen molar-refractivity contribution in [2.24, 2.45) is 7.05 Å². The number of hydrogen-bond donors (Lipinski definition) is 2. The molecule has 0 radical (unpaired) electrons. The maximum Gasteiger partial charge on any atom is 0.272 e. The zero-order chi connectivity index (χ0) is 27.0. The Morgan fingerprint density at radius 1 is 1.08 bits per heavy atom. The number of methoxy groups -OCH3 is 1. The average molecular weight is 517 g/mol. The van der Waals surface area contributed by atoms with E-state index in [1.807, 2.05) is 18.2 Å². The maximum absolute atomic E-state index is 13.9. The number of nitrogens with one attached hydrogen (secondary N) is 1. The molecule has 2 amide bonds. The standard InChI is InChI=1S/C28H28N4O6/c1-30-24-19-10-6-7-11-20(19)32(15-21(34)17-8-4-3-5-9-17)28(37)23(24)26(38-2)25(30)27(36)29-18-12-13-31(14-18)22(35)16-33/h3-11,18,33H,12-16H2,1-2H3,(H,29,36). The number of benzene rings is 2. The molecule has 1 aliphatic rings. The second-order valence-corrected chi connectivity index (χ2v) is 9.32. The topological polar surface area (TPSA) is 123 Å². The van der Waals surface area contributed by atoms with E-state index in [2.05, 4.69) is 5.32 Å². The van der Waals surface area contributed by atoms with Crippen molar-refractivity contribution in [3.8, 4) is 5.75 Å². The molecule has 3 heterocycles. The Hall–Kier alpha value is -4.44. The van der Waals surface area contributed by atoms with Gasteiger partial charge in [-0.1, -0.05) is 48.5 Å². The van der Waals surface area contributed by atoms with Crippen LogP contribution >= 0.6 is 0 Å². The highest BCUT2D eigenvalue weighted by Crippen LogP contribution is 2.34. The summed E-state index contributed by atoms with van der Waals surface area (Å²) in [6.45, 7) is -0.0322. The van der Waals surface area contributed by atoms with Crippen molar-refractivity contribution in [3.63, 3.8) is 0 Å². The number of ketones is 1. The molecule has 2 aromatic heterocycles. The van der Waals surface area contributed by atoms with Crippen molar-refractivity contribution in [3.05, 3.63) is 76.2 Å². The first kappa shape index (κ1) is 25.2. The number of amides is 2. The lowest BCUT2D eigenvalue weighted by Crippen LogP contribution is -2.39. The molecule has 38 heavy (non-hydrogen) atoms. The molecular weight excluding hydrogens is 488 g/mol. The summed E-state index contributed by atoms with van der Waals surface area (Å²) in [5, 5.41) is 13.0. The van der Waals surface area contributed by atoms with Gasteiger partial charge >= 0.3 is 0 Å². The van der Waals surface area contributed by atoms with Gasteiger partial charge in [-0.3, -0.25) is 23.7 Å².